The molecule has 1 saturated carbocycles. The van der Waals surface area contributed by atoms with Gasteiger partial charge in [-0.2, -0.15) is 9.59 Å². The van der Waals surface area contributed by atoms with Crippen LogP contribution in [0.5, 0.6) is 5.75 Å². The molecule has 35 heteroatoms. The molecule has 27 N–H and O–H groups in total. The van der Waals surface area contributed by atoms with Crippen molar-refractivity contribution in [3.05, 3.63) is 420 Å². The molecule has 20 rings (SSSR count). The Balaban J connectivity index is -0.000000268. The number of aromatic nitrogens is 6. The summed E-state index contributed by atoms with van der Waals surface area (Å²) in [7, 11) is 18.4. The number of aryl methyl sites for hydroxylation is 1. The van der Waals surface area contributed by atoms with Crippen molar-refractivity contribution in [3.8, 4) is 16.9 Å². The fourth-order valence-corrected chi connectivity index (χ4v) is 13.9. The number of carbonyl (C=O) groups excluding carboxylic acids is 2. The first-order valence-electron chi connectivity index (χ1n) is 37.5. The number of phenols is 1. The second-order valence-electron chi connectivity index (χ2n) is 26.8. The van der Waals surface area contributed by atoms with Gasteiger partial charge in [-0.25, -0.2) is 0 Å². The molecule has 25 nitrogen and oxygen atoms in total. The molecule has 0 bridgehead atoms. The third-order valence-electron chi connectivity index (χ3n) is 19.2. The van der Waals surface area contributed by atoms with Gasteiger partial charge in [0.15, 0.2) is 0 Å². The summed E-state index contributed by atoms with van der Waals surface area (Å²) in [6, 6.07) is 103. The minimum Gasteiger partial charge on any atom is -0.693 e. The van der Waals surface area contributed by atoms with E-state index in [9.17, 15) is 9.90 Å². The van der Waals surface area contributed by atoms with Gasteiger partial charge in [-0.3, -0.25) is 39.5 Å². The van der Waals surface area contributed by atoms with Gasteiger partial charge in [0.25, 0.3) is 5.97 Å². The number of hydrogen-bond donors (Lipinski definition) is 3. The van der Waals surface area contributed by atoms with Crippen LogP contribution < -0.4 is 0 Å². The van der Waals surface area contributed by atoms with Gasteiger partial charge < -0.3 is 89.1 Å². The fourth-order valence-electron chi connectivity index (χ4n) is 13.9. The van der Waals surface area contributed by atoms with Crippen molar-refractivity contribution in [1.29, 1.82) is 0 Å². The summed E-state index contributed by atoms with van der Waals surface area (Å²) >= 11 is 6.44. The SMILES string of the molecule is CC(=O)O.Cc1ccc2ncc3ccccc3c2c1.O=C(O)CCCC1CCCCC1.O=C=O.Oc1ccc2ncc3ccccc3c2c1.[Cl][Pt].[Cl][Pt].[Cl][Pt].[Cl][Pt].[NH2-].[NH2-].[NH2-].[NH2-].[NH2-].[NH2-].[NH2-].[NH2-].[NH2-].[NH2-].[NH2-].[NH2-].[Pt+2].[Pt+2].c1ccc(-c2ccc3ncc4ccccc4c3c2)cc1.c1ccc2c(c1)cnc1ccccc12.c1ccc2c(c1)cnc1ccccc12.c1ccc2c(c1)cnc1ccccc12. The van der Waals surface area contributed by atoms with Gasteiger partial charge >= 0.3 is 167 Å². The first-order valence-corrected chi connectivity index (χ1v) is 48.7. The predicted octanol–water partition coefficient (Wildman–Crippen LogP) is 35.7. The minimum atomic E-state index is -0.833. The number of benzene rings is 13. The maximum absolute atomic E-state index is 10.2. The average Bonchev–Trinajstić information content (AvgIpc) is 0.772. The molecule has 0 aliphatic heterocycles. The average molecular weight is 2960 g/mol. The van der Waals surface area contributed by atoms with E-state index in [-0.39, 0.29) is 128 Å². The van der Waals surface area contributed by atoms with Crippen molar-refractivity contribution in [2.45, 2.75) is 65.2 Å². The van der Waals surface area contributed by atoms with Gasteiger partial charge in [-0.15, -0.1) is 0 Å². The number of aromatic hydroxyl groups is 1. The molecular weight excluding hydrogens is 2850 g/mol. The molecule has 6 aromatic heterocycles. The quantitative estimate of drug-likeness (QED) is 0.135. The Morgan fingerprint density at radius 1 is 0.316 bits per heavy atom. The van der Waals surface area contributed by atoms with E-state index in [1.54, 1.807) is 87.2 Å². The number of pyridine rings is 6. The summed E-state index contributed by atoms with van der Waals surface area (Å²) in [5.74, 6) is -0.371. The van der Waals surface area contributed by atoms with Crippen LogP contribution in [0.1, 0.15) is 63.9 Å². The Hall–Kier alpha value is -9.19. The summed E-state index contributed by atoms with van der Waals surface area (Å²) < 4.78 is 0. The maximum Gasteiger partial charge on any atom is 2.00 e. The van der Waals surface area contributed by atoms with E-state index in [1.165, 1.54) is 130 Å². The second kappa shape index (κ2) is 76.0. The van der Waals surface area contributed by atoms with Crippen molar-refractivity contribution in [3.63, 3.8) is 0 Å². The summed E-state index contributed by atoms with van der Waals surface area (Å²) in [5.41, 5.74) is 9.96. The van der Waals surface area contributed by atoms with E-state index in [1.807, 2.05) is 134 Å². The van der Waals surface area contributed by atoms with Crippen LogP contribution in [0, 0.1) is 12.8 Å². The minimum absolute atomic E-state index is 0. The number of carbonyl (C=O) groups is 2. The number of halogens is 4. The van der Waals surface area contributed by atoms with Gasteiger partial charge in [0.05, 0.1) is 33.1 Å². The fraction of sp³-hybridized carbons (Fsp3) is 0.112. The van der Waals surface area contributed by atoms with Crippen LogP contribution in [0.15, 0.2) is 340 Å². The molecule has 0 saturated heterocycles. The van der Waals surface area contributed by atoms with Crippen LogP contribution >= 0.6 is 37.7 Å². The number of para-hydroxylation sites is 3. The number of aliphatic carboxylic acids is 2. The number of carboxylic acid groups (broad SMARTS) is 2. The van der Waals surface area contributed by atoms with E-state index >= 15 is 0 Å². The molecule has 0 amide bonds. The van der Waals surface area contributed by atoms with Crippen molar-refractivity contribution in [1.82, 2.24) is 29.9 Å². The molecule has 133 heavy (non-hydrogen) atoms. The largest absolute Gasteiger partial charge is 2.00 e. The Bertz CT molecular complexity index is 5980. The zero-order valence-corrected chi connectivity index (χ0v) is 88.7. The Kier molecular flexibility index (Phi) is 78.2. The molecule has 13 aromatic carbocycles. The molecule has 1 aliphatic rings. The van der Waals surface area contributed by atoms with Gasteiger partial charge in [-0.05, 0) is 130 Å². The number of phenolic OH excluding ortho intramolecular Hbond substituents is 1. The van der Waals surface area contributed by atoms with Crippen molar-refractivity contribution < 1.29 is 152 Å². The first-order chi connectivity index (χ1) is 58.4. The van der Waals surface area contributed by atoms with Crippen LogP contribution in [-0.4, -0.2) is 63.3 Å². The van der Waals surface area contributed by atoms with Crippen LogP contribution in [0.2, 0.25) is 0 Å². The van der Waals surface area contributed by atoms with Crippen LogP contribution in [0.3, 0.4) is 0 Å². The van der Waals surface area contributed by atoms with Gasteiger partial charge in [0, 0.05) is 115 Å². The monoisotopic (exact) mass is 2960 g/mol. The summed E-state index contributed by atoms with van der Waals surface area (Å²) in [6.45, 7) is 3.20. The number of nitrogens with zero attached hydrogens (tertiary/aromatic N) is 6. The predicted molar refractivity (Wildman–Crippen MR) is 541 cm³/mol. The van der Waals surface area contributed by atoms with E-state index in [0.29, 0.717) is 6.42 Å². The Morgan fingerprint density at radius 2 is 0.556 bits per heavy atom. The van der Waals surface area contributed by atoms with Crippen molar-refractivity contribution in [2.75, 3.05) is 0 Å². The van der Waals surface area contributed by atoms with Gasteiger partial charge in [-0.1, -0.05) is 280 Å². The zero-order valence-electron chi connectivity index (χ0n) is 72.1. The number of carboxylic acids is 2. The van der Waals surface area contributed by atoms with Crippen LogP contribution in [0.4, 0.5) is 0 Å². The molecule has 0 unspecified atom stereocenters. The number of nitrogens with two attached hydrogens (primary N) is 12. The van der Waals surface area contributed by atoms with E-state index < -0.39 is 11.9 Å². The topological polar surface area (TPSA) is 608 Å². The smallest absolute Gasteiger partial charge is 0.693 e. The molecule has 19 aromatic rings. The maximum atomic E-state index is 10.2. The van der Waals surface area contributed by atoms with Crippen LogP contribution in [0.25, 0.3) is 215 Å². The molecule has 1 fully saturated rings. The van der Waals surface area contributed by atoms with Crippen molar-refractivity contribution >= 4 is 186 Å². The molecule has 726 valence electrons. The van der Waals surface area contributed by atoms with Gasteiger partial charge in [0.1, 0.15) is 5.75 Å². The molecular formula is C98H106Cl4N18O7Pt6-8. The number of rotatable bonds is 5. The molecule has 1 aliphatic carbocycles. The Morgan fingerprint density at radius 3 is 0.865 bits per heavy atom. The third kappa shape index (κ3) is 41.1. The summed E-state index contributed by atoms with van der Waals surface area (Å²) in [5, 5.41) is 47.0. The van der Waals surface area contributed by atoms with Crippen molar-refractivity contribution in [2.24, 2.45) is 5.92 Å². The standard InChI is InChI=1S/C19H13N.C14H11N.C13H9NO.3C13H9N.C10H18O2.C2H4O2.CO2.4ClH.12H2N.6Pt/c1-2-6-14(7-3-1)15-10-11-19-18(12-15)17-9-5-4-8-16(17)13-20-19;1-10-6-7-14-13(8-10)12-5-3-2-4-11(12)9-15-14;15-10-5-6-13-12(7-10)11-4-2-1-3-9(11)8-14-13;3*1-2-6-11-10(5-1)9-14-13-8-4-3-7-12(11)13;11-10(12)8-4-7-9-5-2-1-3-6-9;1-2(3)4;2-1-3;;;;;;;;;;;;;;;;;;;;;;/h1-13H;2-9H,1H3;1-8,15H;3*1-9H;9H,1-8H2,(H,11,12);1H3,(H,3,4);;4*1H;12*1H2;;;;;;/q;;;;;;;;;;;;;12*-1;4*+1;2*+2/p-4. The molecule has 0 radical (unpaired) electrons. The van der Waals surface area contributed by atoms with E-state index in [2.05, 4.69) is 269 Å². The normalized spacial score (nSPS) is 9.76. The molecule has 6 heterocycles. The van der Waals surface area contributed by atoms with Gasteiger partial charge in [0.2, 0.25) is 0 Å². The summed E-state index contributed by atoms with van der Waals surface area (Å²) in [6.07, 6.45) is 20.9. The van der Waals surface area contributed by atoms with E-state index in [4.69, 9.17) is 24.6 Å². The third-order valence-corrected chi connectivity index (χ3v) is 19.2. The van der Waals surface area contributed by atoms with E-state index in [0.717, 1.165) is 74.9 Å². The van der Waals surface area contributed by atoms with Crippen LogP contribution in [-0.2, 0) is 136 Å². The Labute approximate surface area is 866 Å². The second-order valence-corrected chi connectivity index (χ2v) is 26.8. The summed E-state index contributed by atoms with van der Waals surface area (Å²) in [4.78, 5) is 62.1. The first kappa shape index (κ1) is 137. The number of hydrogen-bond acceptors (Lipinski definition) is 11. The molecule has 0 atom stereocenters. The zero-order chi connectivity index (χ0) is 85.1. The molecule has 0 spiro atoms. The number of fused-ring (bicyclic) bond motifs is 18.